The van der Waals surface area contributed by atoms with Crippen LogP contribution in [0.15, 0.2) is 6.20 Å². The smallest absolute Gasteiger partial charge is 0.326 e. The number of ether oxygens (including phenoxy) is 1. The third-order valence-electron chi connectivity index (χ3n) is 3.01. The van der Waals surface area contributed by atoms with Crippen molar-refractivity contribution in [1.82, 2.24) is 15.1 Å². The first-order valence-corrected chi connectivity index (χ1v) is 6.36. The van der Waals surface area contributed by atoms with Crippen molar-refractivity contribution in [2.24, 2.45) is 0 Å². The van der Waals surface area contributed by atoms with Gasteiger partial charge in [-0.1, -0.05) is 11.6 Å². The third-order valence-corrected chi connectivity index (χ3v) is 3.38. The van der Waals surface area contributed by atoms with E-state index in [9.17, 15) is 4.79 Å². The summed E-state index contributed by atoms with van der Waals surface area (Å²) in [5, 5.41) is 7.90. The highest BCUT2D eigenvalue weighted by atomic mass is 35.5. The monoisotopic (exact) mass is 273 g/mol. The Morgan fingerprint density at radius 1 is 1.67 bits per heavy atom. The molecule has 18 heavy (non-hydrogen) atoms. The fourth-order valence-corrected chi connectivity index (χ4v) is 1.72. The molecule has 0 saturated heterocycles. The molecule has 1 unspecified atom stereocenters. The van der Waals surface area contributed by atoms with Gasteiger partial charge in [-0.2, -0.15) is 5.10 Å². The van der Waals surface area contributed by atoms with Crippen LogP contribution in [0, 0.1) is 6.92 Å². The van der Waals surface area contributed by atoms with Gasteiger partial charge in [0.2, 0.25) is 0 Å². The molecule has 1 N–H and O–H groups in total. The number of halogens is 1. The second-order valence-corrected chi connectivity index (χ2v) is 4.79. The highest BCUT2D eigenvalue weighted by Crippen LogP contribution is 2.16. The summed E-state index contributed by atoms with van der Waals surface area (Å²) < 4.78 is 6.80. The lowest BCUT2D eigenvalue weighted by Gasteiger charge is -2.26. The molecule has 0 amide bonds. The maximum atomic E-state index is 11.8. The molecule has 0 aromatic carbocycles. The summed E-state index contributed by atoms with van der Waals surface area (Å²) in [5.74, 6) is -0.248. The van der Waals surface area contributed by atoms with Gasteiger partial charge in [0.25, 0.3) is 0 Å². The Kier molecular flexibility index (Phi) is 5.16. The molecule has 1 aromatic heterocycles. The van der Waals surface area contributed by atoms with Crippen LogP contribution < -0.4 is 5.32 Å². The van der Waals surface area contributed by atoms with E-state index in [1.54, 1.807) is 24.9 Å². The number of aromatic nitrogens is 2. The summed E-state index contributed by atoms with van der Waals surface area (Å²) in [4.78, 5) is 11.8. The summed E-state index contributed by atoms with van der Waals surface area (Å²) in [7, 11) is 1.75. The largest absolute Gasteiger partial charge is 0.465 e. The number of aryl methyl sites for hydroxylation is 2. The molecule has 1 rings (SSSR count). The molecule has 6 heteroatoms. The fraction of sp³-hybridized carbons (Fsp3) is 0.667. The molecule has 0 aliphatic rings. The minimum absolute atomic E-state index is 0.248. The van der Waals surface area contributed by atoms with E-state index in [4.69, 9.17) is 16.3 Å². The number of nitrogens with zero attached hydrogens (tertiary/aromatic N) is 2. The van der Waals surface area contributed by atoms with Crippen LogP contribution in [0.3, 0.4) is 0 Å². The van der Waals surface area contributed by atoms with Crippen molar-refractivity contribution in [3.8, 4) is 0 Å². The van der Waals surface area contributed by atoms with Gasteiger partial charge in [0.15, 0.2) is 0 Å². The molecule has 0 aliphatic heterocycles. The molecular weight excluding hydrogens is 254 g/mol. The van der Waals surface area contributed by atoms with Crippen LogP contribution in [0.2, 0.25) is 5.02 Å². The Bertz CT molecular complexity index is 400. The average molecular weight is 274 g/mol. The van der Waals surface area contributed by atoms with Crippen LogP contribution >= 0.6 is 11.6 Å². The van der Waals surface area contributed by atoms with Crippen LogP contribution in [0.25, 0.3) is 0 Å². The number of carbonyl (C=O) groups excluding carboxylic acids is 1. The van der Waals surface area contributed by atoms with E-state index in [-0.39, 0.29) is 5.97 Å². The first-order valence-electron chi connectivity index (χ1n) is 5.98. The van der Waals surface area contributed by atoms with Gasteiger partial charge in [-0.05, 0) is 34.2 Å². The van der Waals surface area contributed by atoms with Crippen LogP contribution in [-0.4, -0.2) is 34.9 Å². The zero-order chi connectivity index (χ0) is 13.8. The standard InChI is InChI=1S/C12H20ClN3O2/c1-5-18-11(17)12(3,14-4)6-7-16-8-10(13)9(2)15-16/h8,14H,5-7H2,1-4H3. The molecule has 0 fully saturated rings. The lowest BCUT2D eigenvalue weighted by Crippen LogP contribution is -2.49. The molecule has 1 atom stereocenters. The van der Waals surface area contributed by atoms with Gasteiger partial charge in [0.1, 0.15) is 5.54 Å². The summed E-state index contributed by atoms with van der Waals surface area (Å²) in [6.07, 6.45) is 2.35. The Balaban J connectivity index is 2.66. The predicted molar refractivity (Wildman–Crippen MR) is 70.7 cm³/mol. The van der Waals surface area contributed by atoms with Crippen LogP contribution in [-0.2, 0) is 16.1 Å². The van der Waals surface area contributed by atoms with E-state index in [1.807, 2.05) is 13.8 Å². The molecule has 102 valence electrons. The third kappa shape index (κ3) is 3.46. The molecule has 1 aromatic rings. The van der Waals surface area contributed by atoms with E-state index < -0.39 is 5.54 Å². The summed E-state index contributed by atoms with van der Waals surface area (Å²) in [6.45, 7) is 6.45. The topological polar surface area (TPSA) is 56.2 Å². The molecule has 1 heterocycles. The maximum absolute atomic E-state index is 11.8. The summed E-state index contributed by atoms with van der Waals surface area (Å²) in [5.41, 5.74) is 0.0847. The number of esters is 1. The zero-order valence-electron chi connectivity index (χ0n) is 11.3. The van der Waals surface area contributed by atoms with Gasteiger partial charge in [0, 0.05) is 12.7 Å². The number of hydrogen-bond acceptors (Lipinski definition) is 4. The maximum Gasteiger partial charge on any atom is 0.326 e. The summed E-state index contributed by atoms with van der Waals surface area (Å²) >= 11 is 5.93. The van der Waals surface area contributed by atoms with Crippen molar-refractivity contribution in [1.29, 1.82) is 0 Å². The number of nitrogens with one attached hydrogen (secondary N) is 1. The minimum Gasteiger partial charge on any atom is -0.465 e. The fourth-order valence-electron chi connectivity index (χ4n) is 1.57. The van der Waals surface area contributed by atoms with Gasteiger partial charge in [-0.3, -0.25) is 9.48 Å². The molecule has 5 nitrogen and oxygen atoms in total. The van der Waals surface area contributed by atoms with Crippen LogP contribution in [0.5, 0.6) is 0 Å². The lowest BCUT2D eigenvalue weighted by atomic mass is 9.98. The molecular formula is C12H20ClN3O2. The van der Waals surface area contributed by atoms with Crippen LogP contribution in [0.4, 0.5) is 0 Å². The van der Waals surface area contributed by atoms with Crippen molar-refractivity contribution in [2.45, 2.75) is 39.3 Å². The van der Waals surface area contributed by atoms with Crippen molar-refractivity contribution in [3.05, 3.63) is 16.9 Å². The first-order chi connectivity index (χ1) is 8.42. The van der Waals surface area contributed by atoms with E-state index in [0.717, 1.165) is 5.69 Å². The number of carbonyl (C=O) groups is 1. The van der Waals surface area contributed by atoms with Crippen molar-refractivity contribution in [2.75, 3.05) is 13.7 Å². The van der Waals surface area contributed by atoms with Crippen LogP contribution in [0.1, 0.15) is 26.0 Å². The first kappa shape index (κ1) is 15.0. The van der Waals surface area contributed by atoms with E-state index in [1.165, 1.54) is 0 Å². The Labute approximate surface area is 112 Å². The van der Waals surface area contributed by atoms with Crippen molar-refractivity contribution in [3.63, 3.8) is 0 Å². The highest BCUT2D eigenvalue weighted by Gasteiger charge is 2.32. The lowest BCUT2D eigenvalue weighted by molar-refractivity contribution is -0.150. The van der Waals surface area contributed by atoms with Crippen molar-refractivity contribution < 1.29 is 9.53 Å². The number of likely N-dealkylation sites (N-methyl/N-ethyl adjacent to an activating group) is 1. The molecule has 0 radical (unpaired) electrons. The van der Waals surface area contributed by atoms with Gasteiger partial charge >= 0.3 is 5.97 Å². The van der Waals surface area contributed by atoms with Crippen molar-refractivity contribution >= 4 is 17.6 Å². The molecule has 0 saturated carbocycles. The average Bonchev–Trinajstić information content (AvgIpc) is 2.66. The number of rotatable bonds is 6. The minimum atomic E-state index is -0.706. The normalized spacial score (nSPS) is 14.3. The van der Waals surface area contributed by atoms with E-state index >= 15 is 0 Å². The number of hydrogen-bond donors (Lipinski definition) is 1. The molecule has 0 aliphatic carbocycles. The zero-order valence-corrected chi connectivity index (χ0v) is 12.0. The second kappa shape index (κ2) is 6.20. The van der Waals surface area contributed by atoms with E-state index in [2.05, 4.69) is 10.4 Å². The second-order valence-electron chi connectivity index (χ2n) is 4.38. The molecule has 0 spiro atoms. The summed E-state index contributed by atoms with van der Waals surface area (Å²) in [6, 6.07) is 0. The Morgan fingerprint density at radius 2 is 2.33 bits per heavy atom. The van der Waals surface area contributed by atoms with Gasteiger partial charge in [-0.25, -0.2) is 0 Å². The Hall–Kier alpha value is -1.07. The Morgan fingerprint density at radius 3 is 2.78 bits per heavy atom. The molecule has 0 bridgehead atoms. The quantitative estimate of drug-likeness (QED) is 0.803. The predicted octanol–water partition coefficient (Wildman–Crippen LogP) is 1.78. The SMILES string of the molecule is CCOC(=O)C(C)(CCn1cc(Cl)c(C)n1)NC. The van der Waals surface area contributed by atoms with Gasteiger partial charge < -0.3 is 10.1 Å². The van der Waals surface area contributed by atoms with Gasteiger partial charge in [-0.15, -0.1) is 0 Å². The highest BCUT2D eigenvalue weighted by molar-refractivity contribution is 6.31. The van der Waals surface area contributed by atoms with E-state index in [0.29, 0.717) is 24.6 Å². The van der Waals surface area contributed by atoms with Gasteiger partial charge in [0.05, 0.1) is 17.3 Å².